The van der Waals surface area contributed by atoms with Gasteiger partial charge in [0.2, 0.25) is 0 Å². The molecule has 0 unspecified atom stereocenters. The van der Waals surface area contributed by atoms with E-state index in [2.05, 4.69) is 88.2 Å². The minimum absolute atomic E-state index is 0.166. The molecule has 122 valence electrons. The van der Waals surface area contributed by atoms with Gasteiger partial charge >= 0.3 is 0 Å². The van der Waals surface area contributed by atoms with Crippen LogP contribution in [-0.4, -0.2) is 6.92 Å². The Kier molecular flexibility index (Phi) is 6.47. The first-order valence-corrected chi connectivity index (χ1v) is 8.90. The highest BCUT2D eigenvalue weighted by atomic mass is 16.5. The lowest BCUT2D eigenvalue weighted by Crippen LogP contribution is -2.41. The summed E-state index contributed by atoms with van der Waals surface area (Å²) in [7, 11) is 0. The minimum atomic E-state index is -0.383. The molecule has 1 nitrogen and oxygen atoms in total. The van der Waals surface area contributed by atoms with Gasteiger partial charge in [0.15, 0.2) is 0 Å². The molecule has 0 fully saturated rings. The van der Waals surface area contributed by atoms with Gasteiger partial charge in [-0.25, -0.2) is 0 Å². The van der Waals surface area contributed by atoms with Crippen molar-refractivity contribution in [3.8, 4) is 0 Å². The first-order valence-electron chi connectivity index (χ1n) is 8.90. The Balaban J connectivity index is 2.58. The summed E-state index contributed by atoms with van der Waals surface area (Å²) in [5.41, 5.74) is 2.12. The number of benzene rings is 2. The topological polar surface area (TPSA) is 9.23 Å². The fraction of sp³-hybridized carbons (Fsp3) is 0.429. The zero-order valence-electron chi connectivity index (χ0n) is 15.0. The molecule has 0 aromatic heterocycles. The largest absolute Gasteiger partial charge is 0.423 e. The zero-order valence-corrected chi connectivity index (χ0v) is 15.0. The van der Waals surface area contributed by atoms with Crippen molar-refractivity contribution in [1.29, 1.82) is 0 Å². The summed E-state index contributed by atoms with van der Waals surface area (Å²) in [5, 5.41) is 0. The maximum Gasteiger partial charge on any atom is 0.288 e. The van der Waals surface area contributed by atoms with Crippen LogP contribution >= 0.6 is 0 Å². The van der Waals surface area contributed by atoms with Gasteiger partial charge in [0.05, 0.1) is 0 Å². The average Bonchev–Trinajstić information content (AvgIpc) is 2.59. The van der Waals surface area contributed by atoms with Crippen molar-refractivity contribution in [3.05, 3.63) is 71.8 Å². The molecule has 0 radical (unpaired) electrons. The van der Waals surface area contributed by atoms with Gasteiger partial charge < -0.3 is 4.65 Å². The van der Waals surface area contributed by atoms with E-state index in [-0.39, 0.29) is 12.5 Å². The van der Waals surface area contributed by atoms with E-state index in [0.29, 0.717) is 5.92 Å². The Labute approximate surface area is 142 Å². The molecule has 0 amide bonds. The lowest BCUT2D eigenvalue weighted by molar-refractivity contribution is 0.0453. The highest BCUT2D eigenvalue weighted by Gasteiger charge is 2.41. The SMILES string of the molecule is CCCC[C@H](C)C(OB(C)C)(c1ccccc1)c1ccccc1. The predicted octanol–water partition coefficient (Wildman–Crippen LogP) is 6.02. The molecule has 2 rings (SSSR count). The second-order valence-electron chi connectivity index (χ2n) is 6.68. The van der Waals surface area contributed by atoms with Gasteiger partial charge in [0, 0.05) is 0 Å². The van der Waals surface area contributed by atoms with E-state index in [1.165, 1.54) is 24.0 Å². The third kappa shape index (κ3) is 4.06. The van der Waals surface area contributed by atoms with Crippen LogP contribution in [0.2, 0.25) is 13.6 Å². The molecule has 0 aliphatic rings. The van der Waals surface area contributed by atoms with Crippen molar-refractivity contribution in [2.75, 3.05) is 0 Å². The molecule has 0 N–H and O–H groups in total. The summed E-state index contributed by atoms with van der Waals surface area (Å²) < 4.78 is 6.67. The van der Waals surface area contributed by atoms with Crippen LogP contribution in [0.4, 0.5) is 0 Å². The van der Waals surface area contributed by atoms with Gasteiger partial charge in [0.25, 0.3) is 6.92 Å². The summed E-state index contributed by atoms with van der Waals surface area (Å²) >= 11 is 0. The van der Waals surface area contributed by atoms with Crippen molar-refractivity contribution >= 4 is 6.92 Å². The van der Waals surface area contributed by atoms with Crippen molar-refractivity contribution in [2.24, 2.45) is 5.92 Å². The second kappa shape index (κ2) is 8.35. The molecule has 0 saturated heterocycles. The Morgan fingerprint density at radius 3 is 1.78 bits per heavy atom. The molecule has 0 saturated carbocycles. The van der Waals surface area contributed by atoms with Crippen LogP contribution in [0.25, 0.3) is 0 Å². The Morgan fingerprint density at radius 2 is 1.39 bits per heavy atom. The highest BCUT2D eigenvalue weighted by molar-refractivity contribution is 6.48. The van der Waals surface area contributed by atoms with E-state index in [1.54, 1.807) is 0 Å². The molecule has 0 bridgehead atoms. The van der Waals surface area contributed by atoms with E-state index in [9.17, 15) is 0 Å². The average molecular weight is 308 g/mol. The summed E-state index contributed by atoms with van der Waals surface area (Å²) in [4.78, 5) is 0. The summed E-state index contributed by atoms with van der Waals surface area (Å²) in [6, 6.07) is 21.4. The van der Waals surface area contributed by atoms with Crippen LogP contribution in [0.5, 0.6) is 0 Å². The van der Waals surface area contributed by atoms with E-state index in [0.717, 1.165) is 6.42 Å². The van der Waals surface area contributed by atoms with E-state index < -0.39 is 0 Å². The van der Waals surface area contributed by atoms with Crippen molar-refractivity contribution in [2.45, 2.75) is 52.4 Å². The van der Waals surface area contributed by atoms with Gasteiger partial charge in [0.1, 0.15) is 5.60 Å². The number of hydrogen-bond donors (Lipinski definition) is 0. The summed E-state index contributed by atoms with van der Waals surface area (Å²) in [5.74, 6) is 0.412. The Morgan fingerprint density at radius 1 is 0.913 bits per heavy atom. The zero-order chi connectivity index (χ0) is 16.7. The first-order chi connectivity index (χ1) is 11.1. The molecule has 2 aromatic carbocycles. The minimum Gasteiger partial charge on any atom is -0.423 e. The lowest BCUT2D eigenvalue weighted by Gasteiger charge is -2.42. The molecule has 23 heavy (non-hydrogen) atoms. The van der Waals surface area contributed by atoms with Crippen molar-refractivity contribution in [3.63, 3.8) is 0 Å². The van der Waals surface area contributed by atoms with Crippen LogP contribution in [0.1, 0.15) is 44.2 Å². The van der Waals surface area contributed by atoms with Crippen LogP contribution in [-0.2, 0) is 10.3 Å². The molecule has 1 atom stereocenters. The van der Waals surface area contributed by atoms with Crippen LogP contribution in [0.15, 0.2) is 60.7 Å². The van der Waals surface area contributed by atoms with E-state index in [1.807, 2.05) is 0 Å². The smallest absolute Gasteiger partial charge is 0.288 e. The summed E-state index contributed by atoms with van der Waals surface area (Å²) in [6.45, 7) is 9.01. The molecule has 0 aliphatic heterocycles. The molecule has 0 spiro atoms. The standard InChI is InChI=1S/C21H29BO/c1-5-6-13-18(2)21(23-22(3)4,19-14-9-7-10-15-19)20-16-11-8-12-17-20/h7-12,14-18H,5-6,13H2,1-4H3/t18-/m0/s1. The molecular formula is C21H29BO. The lowest BCUT2D eigenvalue weighted by atomic mass is 9.68. The van der Waals surface area contributed by atoms with E-state index >= 15 is 0 Å². The third-order valence-corrected chi connectivity index (χ3v) is 4.51. The Bertz CT molecular complexity index is 525. The molecule has 0 heterocycles. The summed E-state index contributed by atoms with van der Waals surface area (Å²) in [6.07, 6.45) is 3.60. The van der Waals surface area contributed by atoms with Crippen LogP contribution < -0.4 is 0 Å². The normalized spacial score (nSPS) is 12.9. The molecule has 2 aromatic rings. The number of rotatable bonds is 8. The van der Waals surface area contributed by atoms with Gasteiger partial charge in [-0.15, -0.1) is 0 Å². The van der Waals surface area contributed by atoms with Crippen molar-refractivity contribution < 1.29 is 4.65 Å². The van der Waals surface area contributed by atoms with E-state index in [4.69, 9.17) is 4.65 Å². The molecule has 0 aliphatic carbocycles. The maximum atomic E-state index is 6.67. The van der Waals surface area contributed by atoms with Gasteiger partial charge in [-0.1, -0.05) is 101 Å². The Hall–Kier alpha value is -1.54. The van der Waals surface area contributed by atoms with Crippen molar-refractivity contribution in [1.82, 2.24) is 0 Å². The van der Waals surface area contributed by atoms with Gasteiger partial charge in [-0.3, -0.25) is 0 Å². The first kappa shape index (κ1) is 17.8. The predicted molar refractivity (Wildman–Crippen MR) is 101 cm³/mol. The quantitative estimate of drug-likeness (QED) is 0.541. The van der Waals surface area contributed by atoms with Gasteiger partial charge in [-0.2, -0.15) is 0 Å². The second-order valence-corrected chi connectivity index (χ2v) is 6.68. The fourth-order valence-electron chi connectivity index (χ4n) is 3.44. The molecule has 2 heteroatoms. The number of hydrogen-bond acceptors (Lipinski definition) is 1. The maximum absolute atomic E-state index is 6.67. The monoisotopic (exact) mass is 308 g/mol. The number of unbranched alkanes of at least 4 members (excludes halogenated alkanes) is 1. The van der Waals surface area contributed by atoms with Crippen LogP contribution in [0, 0.1) is 5.92 Å². The van der Waals surface area contributed by atoms with Crippen LogP contribution in [0.3, 0.4) is 0 Å². The third-order valence-electron chi connectivity index (χ3n) is 4.51. The highest BCUT2D eigenvalue weighted by Crippen LogP contribution is 2.43. The van der Waals surface area contributed by atoms with Gasteiger partial charge in [-0.05, 0) is 23.5 Å². The molecular weight excluding hydrogens is 279 g/mol. The fourth-order valence-corrected chi connectivity index (χ4v) is 3.44.